The van der Waals surface area contributed by atoms with E-state index in [4.69, 9.17) is 4.74 Å². The minimum Gasteiger partial charge on any atom is -0.487 e. The Morgan fingerprint density at radius 3 is 2.73 bits per heavy atom. The molecule has 3 aromatic rings. The summed E-state index contributed by atoms with van der Waals surface area (Å²) < 4.78 is 8.72. The highest BCUT2D eigenvalue weighted by molar-refractivity contribution is 5.80. The van der Waals surface area contributed by atoms with Crippen LogP contribution in [0.15, 0.2) is 72.0 Å². The van der Waals surface area contributed by atoms with Gasteiger partial charge >= 0.3 is 0 Å². The number of hydrogen-bond donors (Lipinski definition) is 2. The molecule has 1 saturated carbocycles. The predicted molar refractivity (Wildman–Crippen MR) is 132 cm³/mol. The second-order valence-electron chi connectivity index (χ2n) is 9.14. The molecular weight excluding hydrogens is 410 g/mol. The maximum atomic E-state index is 6.51. The van der Waals surface area contributed by atoms with E-state index in [2.05, 4.69) is 79.9 Å². The van der Waals surface area contributed by atoms with Gasteiger partial charge in [0.25, 0.3) is 0 Å². The zero-order chi connectivity index (χ0) is 22.5. The Morgan fingerprint density at radius 2 is 1.91 bits per heavy atom. The summed E-state index contributed by atoms with van der Waals surface area (Å²) >= 11 is 0. The van der Waals surface area contributed by atoms with Crippen molar-refractivity contribution in [1.29, 1.82) is 0 Å². The van der Waals surface area contributed by atoms with Gasteiger partial charge in [0.05, 0.1) is 6.04 Å². The van der Waals surface area contributed by atoms with Gasteiger partial charge in [0.15, 0.2) is 5.96 Å². The van der Waals surface area contributed by atoms with Gasteiger partial charge in [-0.25, -0.2) is 4.98 Å². The summed E-state index contributed by atoms with van der Waals surface area (Å²) in [5.74, 6) is 2.91. The molecule has 1 spiro atoms. The minimum absolute atomic E-state index is 0.0347. The Kier molecular flexibility index (Phi) is 6.33. The average molecular weight is 444 g/mol. The molecule has 5 rings (SSSR count). The lowest BCUT2D eigenvalue weighted by Crippen LogP contribution is -2.47. The number of ether oxygens (including phenoxy) is 1. The Balaban J connectivity index is 1.21. The van der Waals surface area contributed by atoms with E-state index < -0.39 is 0 Å². The summed E-state index contributed by atoms with van der Waals surface area (Å²) in [7, 11) is 1.84. The van der Waals surface area contributed by atoms with Crippen molar-refractivity contribution in [2.45, 2.75) is 56.7 Å². The fraction of sp³-hybridized carbons (Fsp3) is 0.407. The molecule has 6 heteroatoms. The summed E-state index contributed by atoms with van der Waals surface area (Å²) in [6.45, 7) is 1.60. The number of aliphatic imine (C=N–C) groups is 1. The molecule has 1 aromatic heterocycles. The van der Waals surface area contributed by atoms with Crippen LogP contribution in [0.1, 0.15) is 55.1 Å². The van der Waals surface area contributed by atoms with Crippen LogP contribution in [0.4, 0.5) is 0 Å². The van der Waals surface area contributed by atoms with Gasteiger partial charge in [-0.15, -0.1) is 0 Å². The molecule has 0 bridgehead atoms. The monoisotopic (exact) mass is 443 g/mol. The van der Waals surface area contributed by atoms with Gasteiger partial charge < -0.3 is 19.9 Å². The maximum absolute atomic E-state index is 6.51. The zero-order valence-corrected chi connectivity index (χ0v) is 19.3. The van der Waals surface area contributed by atoms with E-state index in [0.717, 1.165) is 56.3 Å². The highest BCUT2D eigenvalue weighted by atomic mass is 16.5. The number of nitrogens with zero attached hydrogens (tertiary/aromatic N) is 3. The molecule has 2 N–H and O–H groups in total. The lowest BCUT2D eigenvalue weighted by molar-refractivity contribution is 0.0396. The van der Waals surface area contributed by atoms with Crippen molar-refractivity contribution >= 4 is 5.96 Å². The number of para-hydroxylation sites is 1. The molecule has 2 heterocycles. The van der Waals surface area contributed by atoms with Crippen molar-refractivity contribution in [3.05, 3.63) is 83.9 Å². The van der Waals surface area contributed by atoms with Gasteiger partial charge in [-0.2, -0.15) is 0 Å². The molecular formula is C27H33N5O. The van der Waals surface area contributed by atoms with Gasteiger partial charge in [0.2, 0.25) is 0 Å². The third kappa shape index (κ3) is 4.90. The first-order valence-electron chi connectivity index (χ1n) is 12.0. The van der Waals surface area contributed by atoms with E-state index in [0.29, 0.717) is 0 Å². The fourth-order valence-corrected chi connectivity index (χ4v) is 5.22. The maximum Gasteiger partial charge on any atom is 0.191 e. The van der Waals surface area contributed by atoms with Crippen LogP contribution in [-0.2, 0) is 13.0 Å². The van der Waals surface area contributed by atoms with Gasteiger partial charge in [-0.1, -0.05) is 48.5 Å². The molecule has 2 aromatic carbocycles. The van der Waals surface area contributed by atoms with Crippen molar-refractivity contribution in [3.8, 4) is 5.75 Å². The van der Waals surface area contributed by atoms with Crippen molar-refractivity contribution in [2.75, 3.05) is 13.6 Å². The molecule has 0 radical (unpaired) electrons. The predicted octanol–water partition coefficient (Wildman–Crippen LogP) is 4.48. The number of fused-ring (bicyclic) bond motifs is 1. The molecule has 1 aliphatic carbocycles. The number of hydrogen-bond acceptors (Lipinski definition) is 3. The lowest BCUT2D eigenvalue weighted by atomic mass is 9.86. The molecule has 2 aliphatic rings. The van der Waals surface area contributed by atoms with Gasteiger partial charge in [0, 0.05) is 50.9 Å². The molecule has 1 fully saturated rings. The van der Waals surface area contributed by atoms with E-state index in [1.165, 1.54) is 24.0 Å². The Hall–Kier alpha value is -3.28. The Morgan fingerprint density at radius 1 is 1.12 bits per heavy atom. The highest BCUT2D eigenvalue weighted by Gasteiger charge is 2.43. The van der Waals surface area contributed by atoms with Crippen LogP contribution >= 0.6 is 0 Å². The van der Waals surface area contributed by atoms with Crippen molar-refractivity contribution in [3.63, 3.8) is 0 Å². The minimum atomic E-state index is -0.0347. The highest BCUT2D eigenvalue weighted by Crippen LogP contribution is 2.46. The van der Waals surface area contributed by atoms with Crippen LogP contribution in [0.3, 0.4) is 0 Å². The molecule has 0 amide bonds. The topological polar surface area (TPSA) is 63.5 Å². The smallest absolute Gasteiger partial charge is 0.191 e. The number of benzene rings is 2. The fourth-order valence-electron chi connectivity index (χ4n) is 5.22. The second kappa shape index (κ2) is 9.69. The van der Waals surface area contributed by atoms with Gasteiger partial charge in [0.1, 0.15) is 17.2 Å². The summed E-state index contributed by atoms with van der Waals surface area (Å²) in [6.07, 6.45) is 10.5. The number of aromatic nitrogens is 2. The first-order valence-corrected chi connectivity index (χ1v) is 12.0. The summed E-state index contributed by atoms with van der Waals surface area (Å²) in [5.41, 5.74) is 2.46. The van der Waals surface area contributed by atoms with Crippen molar-refractivity contribution in [1.82, 2.24) is 20.2 Å². The molecule has 172 valence electrons. The quantitative estimate of drug-likeness (QED) is 0.436. The normalized spacial score (nSPS) is 19.2. The molecule has 1 unspecified atom stereocenters. The largest absolute Gasteiger partial charge is 0.487 e. The van der Waals surface area contributed by atoms with Crippen LogP contribution in [0.2, 0.25) is 0 Å². The van der Waals surface area contributed by atoms with Crippen molar-refractivity contribution in [2.24, 2.45) is 4.99 Å². The molecule has 6 nitrogen and oxygen atoms in total. The molecule has 1 atom stereocenters. The van der Waals surface area contributed by atoms with Crippen LogP contribution < -0.4 is 15.4 Å². The van der Waals surface area contributed by atoms with Crippen LogP contribution in [0, 0.1) is 0 Å². The SMILES string of the molecule is CN=C(NCCc1nccn1Cc1ccccc1)NC1CC2(CCCC2)Oc2ccccc21. The first-order chi connectivity index (χ1) is 16.2. The standard InChI is InChI=1S/C27H33N5O/c1-28-26(30-16-13-25-29-17-18-32(25)20-21-9-3-2-4-10-21)31-23-19-27(14-7-8-15-27)33-24-12-6-5-11-22(23)24/h2-6,9-12,17-18,23H,7-8,13-16,19-20H2,1H3,(H2,28,30,31). The molecule has 1 aliphatic heterocycles. The van der Waals surface area contributed by atoms with Crippen molar-refractivity contribution < 1.29 is 4.74 Å². The third-order valence-electron chi connectivity index (χ3n) is 6.88. The van der Waals surface area contributed by atoms with E-state index in [1.54, 1.807) is 0 Å². The van der Waals surface area contributed by atoms with E-state index in [1.807, 2.05) is 19.3 Å². The summed E-state index contributed by atoms with van der Waals surface area (Å²) in [6, 6.07) is 19.1. The summed E-state index contributed by atoms with van der Waals surface area (Å²) in [5, 5.41) is 7.18. The van der Waals surface area contributed by atoms with E-state index >= 15 is 0 Å². The second-order valence-corrected chi connectivity index (χ2v) is 9.14. The Labute approximate surface area is 196 Å². The van der Waals surface area contributed by atoms with E-state index in [-0.39, 0.29) is 11.6 Å². The van der Waals surface area contributed by atoms with E-state index in [9.17, 15) is 0 Å². The number of rotatable bonds is 6. The van der Waals surface area contributed by atoms with Gasteiger partial charge in [-0.3, -0.25) is 4.99 Å². The Bertz CT molecular complexity index is 1080. The van der Waals surface area contributed by atoms with Crippen LogP contribution in [0.25, 0.3) is 0 Å². The lowest BCUT2D eigenvalue weighted by Gasteiger charge is -2.40. The molecule has 33 heavy (non-hydrogen) atoms. The zero-order valence-electron chi connectivity index (χ0n) is 19.3. The molecule has 0 saturated heterocycles. The number of nitrogens with one attached hydrogen (secondary N) is 2. The number of imidazole rings is 1. The average Bonchev–Trinajstić information content (AvgIpc) is 3.48. The van der Waals surface area contributed by atoms with Gasteiger partial charge in [-0.05, 0) is 37.3 Å². The number of guanidine groups is 1. The third-order valence-corrected chi connectivity index (χ3v) is 6.88. The summed E-state index contributed by atoms with van der Waals surface area (Å²) in [4.78, 5) is 9.08. The first kappa shape index (κ1) is 21.6. The van der Waals surface area contributed by atoms with Crippen LogP contribution in [0.5, 0.6) is 5.75 Å². The van der Waals surface area contributed by atoms with Crippen LogP contribution in [-0.4, -0.2) is 34.7 Å².